The number of hydrogen-bond acceptors (Lipinski definition) is 4. The van der Waals surface area contributed by atoms with Crippen molar-refractivity contribution < 1.29 is 9.84 Å². The molecule has 2 atom stereocenters. The van der Waals surface area contributed by atoms with E-state index in [9.17, 15) is 5.11 Å². The van der Waals surface area contributed by atoms with Crippen molar-refractivity contribution in [1.82, 2.24) is 15.5 Å². The van der Waals surface area contributed by atoms with Crippen molar-refractivity contribution in [3.8, 4) is 5.75 Å². The van der Waals surface area contributed by atoms with Gasteiger partial charge in [0.1, 0.15) is 5.75 Å². The molecule has 0 spiro atoms. The van der Waals surface area contributed by atoms with Crippen LogP contribution in [0.3, 0.4) is 0 Å². The van der Waals surface area contributed by atoms with E-state index in [4.69, 9.17) is 4.74 Å². The Morgan fingerprint density at radius 1 is 1.17 bits per heavy atom. The van der Waals surface area contributed by atoms with Gasteiger partial charge in [-0.1, -0.05) is 42.5 Å². The molecule has 0 bridgehead atoms. The fourth-order valence-electron chi connectivity index (χ4n) is 3.82. The van der Waals surface area contributed by atoms with E-state index in [1.54, 1.807) is 7.11 Å². The maximum Gasteiger partial charge on any atom is 0.191 e. The van der Waals surface area contributed by atoms with Crippen LogP contribution < -0.4 is 15.4 Å². The van der Waals surface area contributed by atoms with Crippen molar-refractivity contribution in [2.45, 2.75) is 38.5 Å². The molecule has 0 aromatic heterocycles. The number of aliphatic imine (C=N–C) groups is 1. The van der Waals surface area contributed by atoms with Gasteiger partial charge in [-0.2, -0.15) is 0 Å². The zero-order valence-corrected chi connectivity index (χ0v) is 18.1. The van der Waals surface area contributed by atoms with Crippen LogP contribution in [0.5, 0.6) is 5.75 Å². The van der Waals surface area contributed by atoms with Crippen molar-refractivity contribution >= 4 is 5.96 Å². The number of rotatable bonds is 9. The highest BCUT2D eigenvalue weighted by Gasteiger charge is 2.24. The number of nitrogens with zero attached hydrogens (tertiary/aromatic N) is 2. The predicted molar refractivity (Wildman–Crippen MR) is 122 cm³/mol. The van der Waals surface area contributed by atoms with E-state index in [2.05, 4.69) is 50.9 Å². The standard InChI is InChI=1S/C24H34N4O2/c1-3-25-24(27-17-23(29)20-11-13-22(30-2)14-12-20)26-16-21-10-7-15-28(21)18-19-8-5-4-6-9-19/h4-6,8-9,11-14,21,23,29H,3,7,10,15-18H2,1-2H3,(H2,25,26,27). The first-order chi connectivity index (χ1) is 14.7. The maximum absolute atomic E-state index is 10.5. The average Bonchev–Trinajstić information content (AvgIpc) is 3.23. The first-order valence-corrected chi connectivity index (χ1v) is 10.8. The lowest BCUT2D eigenvalue weighted by atomic mass is 10.1. The van der Waals surface area contributed by atoms with E-state index >= 15 is 0 Å². The summed E-state index contributed by atoms with van der Waals surface area (Å²) in [5.41, 5.74) is 2.19. The Balaban J connectivity index is 1.53. The number of hydrogen-bond donors (Lipinski definition) is 3. The van der Waals surface area contributed by atoms with Crippen LogP contribution in [-0.4, -0.2) is 55.3 Å². The van der Waals surface area contributed by atoms with Gasteiger partial charge in [0.2, 0.25) is 0 Å². The van der Waals surface area contributed by atoms with Crippen LogP contribution in [0.4, 0.5) is 0 Å². The Kier molecular flexibility index (Phi) is 8.53. The van der Waals surface area contributed by atoms with Gasteiger partial charge in [0.25, 0.3) is 0 Å². The third-order valence-electron chi connectivity index (χ3n) is 5.50. The van der Waals surface area contributed by atoms with E-state index in [1.807, 2.05) is 31.2 Å². The second kappa shape index (κ2) is 11.6. The molecular formula is C24H34N4O2. The van der Waals surface area contributed by atoms with Crippen LogP contribution in [-0.2, 0) is 6.54 Å². The highest BCUT2D eigenvalue weighted by molar-refractivity contribution is 5.79. The lowest BCUT2D eigenvalue weighted by Crippen LogP contribution is -2.44. The van der Waals surface area contributed by atoms with Crippen LogP contribution in [0.25, 0.3) is 0 Å². The van der Waals surface area contributed by atoms with Crippen molar-refractivity contribution in [3.05, 3.63) is 65.7 Å². The average molecular weight is 411 g/mol. The summed E-state index contributed by atoms with van der Waals surface area (Å²) in [4.78, 5) is 7.14. The van der Waals surface area contributed by atoms with Crippen LogP contribution in [0.1, 0.15) is 37.0 Å². The molecule has 3 rings (SSSR count). The zero-order chi connectivity index (χ0) is 21.2. The Labute approximate surface area is 180 Å². The topological polar surface area (TPSA) is 69.1 Å². The van der Waals surface area contributed by atoms with Crippen molar-refractivity contribution in [1.29, 1.82) is 0 Å². The molecule has 162 valence electrons. The van der Waals surface area contributed by atoms with Gasteiger partial charge in [-0.15, -0.1) is 0 Å². The second-order valence-electron chi connectivity index (χ2n) is 7.64. The van der Waals surface area contributed by atoms with Gasteiger partial charge in [-0.05, 0) is 49.6 Å². The molecule has 1 aliphatic rings. The number of aliphatic hydroxyl groups is 1. The van der Waals surface area contributed by atoms with Gasteiger partial charge in [-0.3, -0.25) is 9.89 Å². The molecule has 30 heavy (non-hydrogen) atoms. The highest BCUT2D eigenvalue weighted by Crippen LogP contribution is 2.20. The molecule has 2 unspecified atom stereocenters. The fourth-order valence-corrected chi connectivity index (χ4v) is 3.82. The summed E-state index contributed by atoms with van der Waals surface area (Å²) in [5.74, 6) is 1.53. The minimum atomic E-state index is -0.646. The van der Waals surface area contributed by atoms with E-state index in [-0.39, 0.29) is 0 Å². The summed E-state index contributed by atoms with van der Waals surface area (Å²) < 4.78 is 5.17. The molecule has 1 aliphatic heterocycles. The number of methoxy groups -OCH3 is 1. The SMILES string of the molecule is CCNC(=NCC(O)c1ccc(OC)cc1)NCC1CCCN1Cc1ccccc1. The lowest BCUT2D eigenvalue weighted by molar-refractivity contribution is 0.187. The molecule has 0 radical (unpaired) electrons. The van der Waals surface area contributed by atoms with Gasteiger partial charge >= 0.3 is 0 Å². The first-order valence-electron chi connectivity index (χ1n) is 10.8. The third-order valence-corrected chi connectivity index (χ3v) is 5.50. The highest BCUT2D eigenvalue weighted by atomic mass is 16.5. The minimum absolute atomic E-state index is 0.306. The van der Waals surface area contributed by atoms with Crippen LogP contribution in [0.15, 0.2) is 59.6 Å². The molecule has 6 heteroatoms. The second-order valence-corrected chi connectivity index (χ2v) is 7.64. The van der Waals surface area contributed by atoms with Crippen molar-refractivity contribution in [2.24, 2.45) is 4.99 Å². The molecule has 1 saturated heterocycles. The van der Waals surface area contributed by atoms with Crippen molar-refractivity contribution in [3.63, 3.8) is 0 Å². The summed E-state index contributed by atoms with van der Waals surface area (Å²) in [6.45, 7) is 6.09. The van der Waals surface area contributed by atoms with E-state index in [1.165, 1.54) is 18.4 Å². The molecule has 0 amide bonds. The normalized spacial score (nSPS) is 18.2. The largest absolute Gasteiger partial charge is 0.497 e. The summed E-state index contributed by atoms with van der Waals surface area (Å²) in [6, 6.07) is 18.6. The Morgan fingerprint density at radius 2 is 1.93 bits per heavy atom. The molecule has 3 N–H and O–H groups in total. The lowest BCUT2D eigenvalue weighted by Gasteiger charge is -2.25. The first kappa shape index (κ1) is 22.1. The monoisotopic (exact) mass is 410 g/mol. The molecule has 1 heterocycles. The Morgan fingerprint density at radius 3 is 2.63 bits per heavy atom. The van der Waals surface area contributed by atoms with E-state index in [0.717, 1.165) is 43.5 Å². The van der Waals surface area contributed by atoms with Crippen LogP contribution >= 0.6 is 0 Å². The van der Waals surface area contributed by atoms with Crippen LogP contribution in [0.2, 0.25) is 0 Å². The zero-order valence-electron chi connectivity index (χ0n) is 18.1. The molecule has 6 nitrogen and oxygen atoms in total. The summed E-state index contributed by atoms with van der Waals surface area (Å²) in [6.07, 6.45) is 1.77. The number of ether oxygens (including phenoxy) is 1. The molecular weight excluding hydrogens is 376 g/mol. The number of guanidine groups is 1. The summed E-state index contributed by atoms with van der Waals surface area (Å²) >= 11 is 0. The smallest absolute Gasteiger partial charge is 0.191 e. The number of nitrogens with one attached hydrogen (secondary N) is 2. The molecule has 0 aliphatic carbocycles. The van der Waals surface area contributed by atoms with E-state index in [0.29, 0.717) is 12.6 Å². The van der Waals surface area contributed by atoms with Gasteiger partial charge in [0, 0.05) is 25.7 Å². The molecule has 1 fully saturated rings. The fraction of sp³-hybridized carbons (Fsp3) is 0.458. The maximum atomic E-state index is 10.5. The van der Waals surface area contributed by atoms with Gasteiger partial charge in [0.15, 0.2) is 5.96 Å². The molecule has 0 saturated carbocycles. The molecule has 2 aromatic carbocycles. The summed E-state index contributed by atoms with van der Waals surface area (Å²) in [7, 11) is 1.63. The van der Waals surface area contributed by atoms with Gasteiger partial charge in [-0.25, -0.2) is 0 Å². The Bertz CT molecular complexity index is 780. The minimum Gasteiger partial charge on any atom is -0.497 e. The van der Waals surface area contributed by atoms with Gasteiger partial charge in [0.05, 0.1) is 19.8 Å². The van der Waals surface area contributed by atoms with Crippen LogP contribution in [0, 0.1) is 0 Å². The Hall–Kier alpha value is -2.57. The third kappa shape index (κ3) is 6.47. The summed E-state index contributed by atoms with van der Waals surface area (Å²) in [5, 5.41) is 17.2. The number of likely N-dealkylation sites (tertiary alicyclic amines) is 1. The van der Waals surface area contributed by atoms with Crippen molar-refractivity contribution in [2.75, 3.05) is 33.3 Å². The quantitative estimate of drug-likeness (QED) is 0.438. The predicted octanol–water partition coefficient (Wildman–Crippen LogP) is 2.95. The van der Waals surface area contributed by atoms with Gasteiger partial charge < -0.3 is 20.5 Å². The molecule has 2 aromatic rings. The van der Waals surface area contributed by atoms with E-state index < -0.39 is 6.10 Å². The number of benzene rings is 2. The number of aliphatic hydroxyl groups excluding tert-OH is 1.